The molecule has 106 valence electrons. The van der Waals surface area contributed by atoms with Gasteiger partial charge in [-0.05, 0) is 43.0 Å². The van der Waals surface area contributed by atoms with Crippen LogP contribution in [0.25, 0.3) is 0 Å². The van der Waals surface area contributed by atoms with Crippen molar-refractivity contribution in [2.75, 3.05) is 18.1 Å². The molecule has 19 heavy (non-hydrogen) atoms. The van der Waals surface area contributed by atoms with Crippen molar-refractivity contribution in [2.24, 2.45) is 5.92 Å². The van der Waals surface area contributed by atoms with Crippen LogP contribution in [0.2, 0.25) is 0 Å². The lowest BCUT2D eigenvalue weighted by atomic mass is 9.93. The zero-order chi connectivity index (χ0) is 13.9. The second-order valence-corrected chi connectivity index (χ2v) is 8.30. The fourth-order valence-electron chi connectivity index (χ4n) is 2.68. The maximum absolute atomic E-state index is 11.6. The molecule has 1 aromatic rings. The molecule has 0 radical (unpaired) electrons. The van der Waals surface area contributed by atoms with Gasteiger partial charge in [-0.2, -0.15) is 0 Å². The molecule has 0 aliphatic carbocycles. The molecular weight excluding hydrogens is 326 g/mol. The van der Waals surface area contributed by atoms with Gasteiger partial charge in [0.2, 0.25) is 0 Å². The molecule has 2 atom stereocenters. The number of rotatable bonds is 5. The second-order valence-electron chi connectivity index (χ2n) is 5.16. The summed E-state index contributed by atoms with van der Waals surface area (Å²) in [6.07, 6.45) is 1.68. The average Bonchev–Trinajstić information content (AvgIpc) is 2.72. The predicted octanol–water partition coefficient (Wildman–Crippen LogP) is 2.40. The maximum atomic E-state index is 11.6. The van der Waals surface area contributed by atoms with E-state index in [4.69, 9.17) is 0 Å². The Kier molecular flexibility index (Phi) is 5.03. The highest BCUT2D eigenvalue weighted by atomic mass is 79.9. The van der Waals surface area contributed by atoms with Crippen LogP contribution >= 0.6 is 15.9 Å². The van der Waals surface area contributed by atoms with Gasteiger partial charge in [0.25, 0.3) is 0 Å². The van der Waals surface area contributed by atoms with Crippen molar-refractivity contribution >= 4 is 25.8 Å². The minimum atomic E-state index is -2.81. The van der Waals surface area contributed by atoms with Gasteiger partial charge in [-0.1, -0.05) is 35.0 Å². The largest absolute Gasteiger partial charge is 0.314 e. The van der Waals surface area contributed by atoms with E-state index in [0.29, 0.717) is 11.5 Å². The lowest BCUT2D eigenvalue weighted by molar-refractivity contribution is 0.386. The number of likely N-dealkylation sites (N-methyl/N-ethyl adjacent to an activating group) is 1. The van der Waals surface area contributed by atoms with Crippen LogP contribution in [0.15, 0.2) is 28.7 Å². The molecule has 2 unspecified atom stereocenters. The van der Waals surface area contributed by atoms with Gasteiger partial charge in [0, 0.05) is 10.5 Å². The first-order valence-electron chi connectivity index (χ1n) is 6.68. The van der Waals surface area contributed by atoms with Gasteiger partial charge in [0.05, 0.1) is 11.5 Å². The molecule has 0 amide bonds. The number of sulfone groups is 1. The number of nitrogens with one attached hydrogen (secondary N) is 1. The SMILES string of the molecule is CCNC(Cc1ccc(Br)cc1)C1CCS(=O)(=O)C1. The topological polar surface area (TPSA) is 46.2 Å². The smallest absolute Gasteiger partial charge is 0.150 e. The van der Waals surface area contributed by atoms with Crippen LogP contribution in [0.5, 0.6) is 0 Å². The van der Waals surface area contributed by atoms with Crippen molar-refractivity contribution in [3.63, 3.8) is 0 Å². The van der Waals surface area contributed by atoms with Gasteiger partial charge in [0.1, 0.15) is 0 Å². The average molecular weight is 346 g/mol. The van der Waals surface area contributed by atoms with Crippen molar-refractivity contribution in [1.29, 1.82) is 0 Å². The Balaban J connectivity index is 2.06. The molecule has 0 bridgehead atoms. The third-order valence-electron chi connectivity index (χ3n) is 3.67. The molecule has 1 aliphatic heterocycles. The third kappa shape index (κ3) is 4.29. The Morgan fingerprint density at radius 3 is 2.58 bits per heavy atom. The van der Waals surface area contributed by atoms with Crippen molar-refractivity contribution < 1.29 is 8.42 Å². The summed E-state index contributed by atoms with van der Waals surface area (Å²) in [6, 6.07) is 8.51. The number of hydrogen-bond acceptors (Lipinski definition) is 3. The number of hydrogen-bond donors (Lipinski definition) is 1. The summed E-state index contributed by atoms with van der Waals surface area (Å²) in [6.45, 7) is 2.94. The molecule has 0 aromatic heterocycles. The zero-order valence-corrected chi connectivity index (χ0v) is 13.5. The normalized spacial score (nSPS) is 23.4. The molecule has 3 nitrogen and oxygen atoms in total. The van der Waals surface area contributed by atoms with E-state index in [0.717, 1.165) is 23.9 Å². The summed E-state index contributed by atoms with van der Waals surface area (Å²) in [7, 11) is -2.81. The molecule has 1 heterocycles. The van der Waals surface area contributed by atoms with Gasteiger partial charge in [-0.25, -0.2) is 8.42 Å². The highest BCUT2D eigenvalue weighted by molar-refractivity contribution is 9.10. The molecule has 1 aromatic carbocycles. The zero-order valence-electron chi connectivity index (χ0n) is 11.1. The fourth-order valence-corrected chi connectivity index (χ4v) is 4.83. The Bertz CT molecular complexity index is 513. The Labute approximate surface area is 123 Å². The molecular formula is C14H20BrNO2S. The lowest BCUT2D eigenvalue weighted by Gasteiger charge is -2.23. The number of benzene rings is 1. The summed E-state index contributed by atoms with van der Waals surface area (Å²) in [5.74, 6) is 0.926. The van der Waals surface area contributed by atoms with Crippen LogP contribution < -0.4 is 5.32 Å². The van der Waals surface area contributed by atoms with E-state index in [9.17, 15) is 8.42 Å². The van der Waals surface area contributed by atoms with Crippen LogP contribution in [0, 0.1) is 5.92 Å². The van der Waals surface area contributed by atoms with Crippen molar-refractivity contribution in [2.45, 2.75) is 25.8 Å². The molecule has 0 spiro atoms. The quantitative estimate of drug-likeness (QED) is 0.891. The number of halogens is 1. The lowest BCUT2D eigenvalue weighted by Crippen LogP contribution is -2.38. The minimum Gasteiger partial charge on any atom is -0.314 e. The molecule has 0 saturated carbocycles. The van der Waals surface area contributed by atoms with Gasteiger partial charge in [0.15, 0.2) is 9.84 Å². The molecule has 1 saturated heterocycles. The highest BCUT2D eigenvalue weighted by Crippen LogP contribution is 2.24. The van der Waals surface area contributed by atoms with Crippen LogP contribution in [0.3, 0.4) is 0 Å². The molecule has 2 rings (SSSR count). The van der Waals surface area contributed by atoms with E-state index < -0.39 is 9.84 Å². The standard InChI is InChI=1S/C14H20BrNO2S/c1-2-16-14(12-7-8-19(17,18)10-12)9-11-3-5-13(15)6-4-11/h3-6,12,14,16H,2,7-10H2,1H3. The highest BCUT2D eigenvalue weighted by Gasteiger charge is 2.33. The summed E-state index contributed by atoms with van der Waals surface area (Å²) in [4.78, 5) is 0. The van der Waals surface area contributed by atoms with E-state index in [2.05, 4.69) is 40.3 Å². The van der Waals surface area contributed by atoms with Crippen LogP contribution in [-0.4, -0.2) is 32.5 Å². The van der Waals surface area contributed by atoms with E-state index in [-0.39, 0.29) is 12.0 Å². The fraction of sp³-hybridized carbons (Fsp3) is 0.571. The molecule has 1 aliphatic rings. The Morgan fingerprint density at radius 1 is 1.37 bits per heavy atom. The Morgan fingerprint density at radius 2 is 2.05 bits per heavy atom. The monoisotopic (exact) mass is 345 g/mol. The molecule has 1 fully saturated rings. The van der Waals surface area contributed by atoms with Crippen LogP contribution in [-0.2, 0) is 16.3 Å². The molecule has 1 N–H and O–H groups in total. The Hall–Kier alpha value is -0.390. The first kappa shape index (κ1) is 15.0. The van der Waals surface area contributed by atoms with Crippen LogP contribution in [0.4, 0.5) is 0 Å². The predicted molar refractivity (Wildman–Crippen MR) is 82.1 cm³/mol. The third-order valence-corrected chi connectivity index (χ3v) is 5.99. The van der Waals surface area contributed by atoms with Gasteiger partial charge in [-0.15, -0.1) is 0 Å². The summed E-state index contributed by atoms with van der Waals surface area (Å²) in [5, 5.41) is 3.45. The van der Waals surface area contributed by atoms with Crippen molar-refractivity contribution in [3.05, 3.63) is 34.3 Å². The van der Waals surface area contributed by atoms with Gasteiger partial charge in [-0.3, -0.25) is 0 Å². The summed E-state index contributed by atoms with van der Waals surface area (Å²) >= 11 is 3.43. The second kappa shape index (κ2) is 6.37. The van der Waals surface area contributed by atoms with Crippen molar-refractivity contribution in [1.82, 2.24) is 5.32 Å². The van der Waals surface area contributed by atoms with Gasteiger partial charge < -0.3 is 5.32 Å². The first-order valence-corrected chi connectivity index (χ1v) is 9.30. The van der Waals surface area contributed by atoms with Crippen molar-refractivity contribution in [3.8, 4) is 0 Å². The van der Waals surface area contributed by atoms with Gasteiger partial charge >= 0.3 is 0 Å². The molecule has 5 heteroatoms. The first-order chi connectivity index (χ1) is 9.00. The van der Waals surface area contributed by atoms with E-state index in [1.54, 1.807) is 0 Å². The van der Waals surface area contributed by atoms with E-state index in [1.807, 2.05) is 12.1 Å². The van der Waals surface area contributed by atoms with E-state index >= 15 is 0 Å². The minimum absolute atomic E-state index is 0.244. The van der Waals surface area contributed by atoms with Crippen LogP contribution in [0.1, 0.15) is 18.9 Å². The maximum Gasteiger partial charge on any atom is 0.150 e. The van der Waals surface area contributed by atoms with E-state index in [1.165, 1.54) is 5.56 Å². The summed E-state index contributed by atoms with van der Waals surface area (Å²) < 4.78 is 24.3. The summed E-state index contributed by atoms with van der Waals surface area (Å²) in [5.41, 5.74) is 1.25.